The Hall–Kier alpha value is -1.06. The minimum atomic E-state index is -1.14. The molecule has 0 aromatic rings. The van der Waals surface area contributed by atoms with E-state index in [2.05, 4.69) is 4.74 Å². The highest BCUT2D eigenvalue weighted by Gasteiger charge is 2.03. The summed E-state index contributed by atoms with van der Waals surface area (Å²) in [6.45, 7) is 0. The Balaban J connectivity index is 3.20. The monoisotopic (exact) mass is 145 g/mol. The highest BCUT2D eigenvalue weighted by molar-refractivity contribution is 5.71. The first-order valence-electron chi connectivity index (χ1n) is 2.93. The van der Waals surface area contributed by atoms with E-state index in [0.29, 0.717) is 0 Å². The number of ether oxygens (including phenoxy) is 1. The van der Waals surface area contributed by atoms with E-state index in [1.54, 1.807) is 0 Å². The first-order chi connectivity index (χ1) is 4.66. The molecule has 0 aromatic carbocycles. The molecule has 4 heteroatoms. The molecule has 0 bridgehead atoms. The van der Waals surface area contributed by atoms with E-state index in [1.807, 2.05) is 0 Å². The molecule has 0 aliphatic rings. The van der Waals surface area contributed by atoms with Gasteiger partial charge in [0.05, 0.1) is 13.5 Å². The van der Waals surface area contributed by atoms with Crippen molar-refractivity contribution in [2.45, 2.75) is 19.3 Å². The fraction of sp³-hybridized carbons (Fsp3) is 0.667. The van der Waals surface area contributed by atoms with Crippen molar-refractivity contribution >= 4 is 11.9 Å². The molecule has 0 fully saturated rings. The van der Waals surface area contributed by atoms with Crippen LogP contribution in [0.1, 0.15) is 19.3 Å². The topological polar surface area (TPSA) is 63.3 Å². The van der Waals surface area contributed by atoms with Crippen molar-refractivity contribution in [3.8, 4) is 0 Å². The van der Waals surface area contributed by atoms with E-state index in [4.69, 9.17) is 0 Å². The van der Waals surface area contributed by atoms with E-state index in [1.165, 1.54) is 7.11 Å². The summed E-state index contributed by atoms with van der Waals surface area (Å²) < 4.78 is 4.28. The Bertz CT molecular complexity index is 130. The Morgan fingerprint density at radius 1 is 1.30 bits per heavy atom. The third kappa shape index (κ3) is 5.08. The average molecular weight is 145 g/mol. The van der Waals surface area contributed by atoms with Crippen molar-refractivity contribution in [1.82, 2.24) is 0 Å². The maximum Gasteiger partial charge on any atom is 0.355 e. The van der Waals surface area contributed by atoms with Gasteiger partial charge >= 0.3 is 11.9 Å². The number of methoxy groups -OCH3 is 1. The van der Waals surface area contributed by atoms with Gasteiger partial charge in [-0.25, -0.2) is 9.90 Å². The molecule has 4 nitrogen and oxygen atoms in total. The molecule has 0 saturated carbocycles. The van der Waals surface area contributed by atoms with E-state index in [9.17, 15) is 14.7 Å². The predicted molar refractivity (Wildman–Crippen MR) is 31.6 cm³/mol. The van der Waals surface area contributed by atoms with Crippen LogP contribution in [0.2, 0.25) is 0 Å². The zero-order valence-electron chi connectivity index (χ0n) is 5.75. The summed E-state index contributed by atoms with van der Waals surface area (Å²) in [6, 6.07) is 0. The van der Waals surface area contributed by atoms with Gasteiger partial charge in [0.15, 0.2) is 0 Å². The lowest BCUT2D eigenvalue weighted by molar-refractivity contribution is -0.144. The zero-order chi connectivity index (χ0) is 7.98. The van der Waals surface area contributed by atoms with Crippen LogP contribution in [0.5, 0.6) is 0 Å². The van der Waals surface area contributed by atoms with Crippen LogP contribution in [-0.4, -0.2) is 19.0 Å². The molecule has 57 valence electrons. The molecule has 0 N–H and O–H groups in total. The third-order valence-electron chi connectivity index (χ3n) is 0.989. The van der Waals surface area contributed by atoms with Crippen LogP contribution in [0.25, 0.3) is 0 Å². The summed E-state index contributed by atoms with van der Waals surface area (Å²) in [5, 5.41) is 9.81. The largest absolute Gasteiger partial charge is 0.469 e. The van der Waals surface area contributed by atoms with Crippen LogP contribution >= 0.6 is 0 Å². The molecule has 0 spiro atoms. The van der Waals surface area contributed by atoms with Gasteiger partial charge in [-0.2, -0.15) is 0 Å². The minimum Gasteiger partial charge on any atom is -0.469 e. The average Bonchev–Trinajstić information content (AvgIpc) is 1.87. The Morgan fingerprint density at radius 3 is 2.30 bits per heavy atom. The number of hydrogen-bond acceptors (Lipinski definition) is 3. The number of carbonyl (C=O) groups is 2. The van der Waals surface area contributed by atoms with Crippen molar-refractivity contribution in [3.05, 3.63) is 0 Å². The van der Waals surface area contributed by atoms with Crippen LogP contribution in [-0.2, 0) is 19.4 Å². The molecular weight excluding hydrogens is 136 g/mol. The zero-order valence-corrected chi connectivity index (χ0v) is 5.75. The van der Waals surface area contributed by atoms with Crippen molar-refractivity contribution in [1.29, 1.82) is 0 Å². The lowest BCUT2D eigenvalue weighted by atomic mass is 10.2. The first kappa shape index (κ1) is 8.94. The van der Waals surface area contributed by atoms with Crippen LogP contribution in [0.3, 0.4) is 0 Å². The quantitative estimate of drug-likeness (QED) is 0.534. The summed E-state index contributed by atoms with van der Waals surface area (Å²) in [7, 11) is 1.27. The van der Waals surface area contributed by atoms with Gasteiger partial charge in [0.1, 0.15) is 0 Å². The Kier molecular flexibility index (Phi) is 4.28. The van der Waals surface area contributed by atoms with Gasteiger partial charge in [-0.15, -0.1) is 0 Å². The first-order valence-corrected chi connectivity index (χ1v) is 2.93. The van der Waals surface area contributed by atoms with Crippen LogP contribution in [0.4, 0.5) is 0 Å². The normalized spacial score (nSPS) is 8.90. The molecular formula is C6H9O4. The number of esters is 1. The molecule has 0 aliphatic carbocycles. The molecule has 0 aromatic heterocycles. The summed E-state index contributed by atoms with van der Waals surface area (Å²) in [6.07, 6.45) is 0.342. The molecule has 0 heterocycles. The van der Waals surface area contributed by atoms with E-state index >= 15 is 0 Å². The molecule has 1 radical (unpaired) electrons. The minimum absolute atomic E-state index is 0.0882. The van der Waals surface area contributed by atoms with Gasteiger partial charge < -0.3 is 4.74 Å². The van der Waals surface area contributed by atoms with E-state index in [-0.39, 0.29) is 25.2 Å². The summed E-state index contributed by atoms with van der Waals surface area (Å²) in [4.78, 5) is 20.2. The fourth-order valence-electron chi connectivity index (χ4n) is 0.479. The predicted octanol–water partition coefficient (Wildman–Crippen LogP) is 0.287. The highest BCUT2D eigenvalue weighted by Crippen LogP contribution is 1.96. The second-order valence-electron chi connectivity index (χ2n) is 1.80. The maximum absolute atomic E-state index is 10.4. The molecule has 0 amide bonds. The number of hydrogen-bond donors (Lipinski definition) is 0. The standard InChI is InChI=1S/C6H9O4/c1-10-6(9)4-2-3-5(7)8/h2-4H2,1H3. The molecule has 0 unspecified atom stereocenters. The van der Waals surface area contributed by atoms with Gasteiger partial charge in [-0.1, -0.05) is 0 Å². The molecule has 10 heavy (non-hydrogen) atoms. The van der Waals surface area contributed by atoms with Gasteiger partial charge in [-0.05, 0) is 6.42 Å². The van der Waals surface area contributed by atoms with Gasteiger partial charge in [0.25, 0.3) is 0 Å². The van der Waals surface area contributed by atoms with Crippen LogP contribution in [0, 0.1) is 0 Å². The molecule has 0 atom stereocenters. The highest BCUT2D eigenvalue weighted by atomic mass is 16.5. The lowest BCUT2D eigenvalue weighted by Gasteiger charge is -1.94. The maximum atomic E-state index is 10.4. The van der Waals surface area contributed by atoms with Crippen LogP contribution < -0.4 is 0 Å². The second-order valence-corrected chi connectivity index (χ2v) is 1.80. The number of rotatable bonds is 4. The molecule has 0 aliphatic heterocycles. The Labute approximate surface area is 58.8 Å². The summed E-state index contributed by atoms with van der Waals surface area (Å²) in [5.41, 5.74) is 0. The van der Waals surface area contributed by atoms with E-state index < -0.39 is 5.97 Å². The Morgan fingerprint density at radius 2 is 1.90 bits per heavy atom. The third-order valence-corrected chi connectivity index (χ3v) is 0.989. The van der Waals surface area contributed by atoms with Crippen molar-refractivity contribution in [2.24, 2.45) is 0 Å². The smallest absolute Gasteiger partial charge is 0.355 e. The second kappa shape index (κ2) is 4.78. The van der Waals surface area contributed by atoms with Crippen LogP contribution in [0.15, 0.2) is 0 Å². The summed E-state index contributed by atoms with van der Waals surface area (Å²) >= 11 is 0. The van der Waals surface area contributed by atoms with Gasteiger partial charge in [0, 0.05) is 6.42 Å². The SMILES string of the molecule is COC(=O)CCCC([O])=O. The van der Waals surface area contributed by atoms with E-state index in [0.717, 1.165) is 0 Å². The fourth-order valence-corrected chi connectivity index (χ4v) is 0.479. The number of carbonyl (C=O) groups excluding carboxylic acids is 2. The molecule has 0 rings (SSSR count). The van der Waals surface area contributed by atoms with Crippen molar-refractivity contribution in [2.75, 3.05) is 7.11 Å². The summed E-state index contributed by atoms with van der Waals surface area (Å²) in [5.74, 6) is -1.52. The van der Waals surface area contributed by atoms with Crippen molar-refractivity contribution in [3.63, 3.8) is 0 Å². The van der Waals surface area contributed by atoms with Crippen molar-refractivity contribution < 1.29 is 19.4 Å². The molecule has 0 saturated heterocycles. The van der Waals surface area contributed by atoms with Gasteiger partial charge in [-0.3, -0.25) is 4.79 Å². The van der Waals surface area contributed by atoms with Gasteiger partial charge in [0.2, 0.25) is 0 Å². The lowest BCUT2D eigenvalue weighted by Crippen LogP contribution is -2.01.